The maximum absolute atomic E-state index is 13.7. The van der Waals surface area contributed by atoms with Gasteiger partial charge in [-0.2, -0.15) is 0 Å². The van der Waals surface area contributed by atoms with Gasteiger partial charge in [0, 0.05) is 37.1 Å². The Kier molecular flexibility index (Phi) is 11.9. The molecule has 0 spiro atoms. The third-order valence-corrected chi connectivity index (χ3v) is 8.60. The largest absolute Gasteiger partial charge is 0.508 e. The van der Waals surface area contributed by atoms with Gasteiger partial charge in [-0.1, -0.05) is 86.0 Å². The Bertz CT molecular complexity index is 1380. The molecule has 0 radical (unpaired) electrons. The van der Waals surface area contributed by atoms with E-state index in [1.807, 2.05) is 60.7 Å². The molecule has 0 bridgehead atoms. The van der Waals surface area contributed by atoms with Crippen LogP contribution in [0.3, 0.4) is 0 Å². The number of phenolic OH excluding ortho intramolecular Hbond substituents is 1. The van der Waals surface area contributed by atoms with Gasteiger partial charge in [-0.3, -0.25) is 14.4 Å². The number of carbonyl (C=O) groups is 3. The Labute approximate surface area is 260 Å². The van der Waals surface area contributed by atoms with Gasteiger partial charge in [0.25, 0.3) is 5.91 Å². The zero-order chi connectivity index (χ0) is 31.5. The van der Waals surface area contributed by atoms with Gasteiger partial charge in [-0.05, 0) is 55.9 Å². The van der Waals surface area contributed by atoms with Crippen LogP contribution in [0.1, 0.15) is 72.5 Å². The Morgan fingerprint density at radius 2 is 1.48 bits per heavy atom. The molecule has 8 heteroatoms. The maximum atomic E-state index is 13.7. The Morgan fingerprint density at radius 3 is 2.09 bits per heavy atom. The van der Waals surface area contributed by atoms with E-state index in [4.69, 9.17) is 0 Å². The number of amides is 3. The molecule has 0 heterocycles. The van der Waals surface area contributed by atoms with Crippen LogP contribution in [0.2, 0.25) is 0 Å². The van der Waals surface area contributed by atoms with E-state index in [0.29, 0.717) is 24.0 Å². The molecule has 234 valence electrons. The summed E-state index contributed by atoms with van der Waals surface area (Å²) in [7, 11) is 0. The van der Waals surface area contributed by atoms with E-state index in [9.17, 15) is 24.6 Å². The minimum absolute atomic E-state index is 0.0193. The third kappa shape index (κ3) is 9.16. The molecule has 0 unspecified atom stereocenters. The summed E-state index contributed by atoms with van der Waals surface area (Å²) in [5, 5.41) is 27.8. The van der Waals surface area contributed by atoms with Crippen LogP contribution in [-0.2, 0) is 22.4 Å². The van der Waals surface area contributed by atoms with E-state index in [2.05, 4.69) is 10.6 Å². The molecule has 0 aromatic heterocycles. The lowest BCUT2D eigenvalue weighted by Crippen LogP contribution is -2.54. The van der Waals surface area contributed by atoms with Crippen LogP contribution in [0.15, 0.2) is 78.9 Å². The van der Waals surface area contributed by atoms with Gasteiger partial charge in [0.1, 0.15) is 11.8 Å². The van der Waals surface area contributed by atoms with E-state index in [0.717, 1.165) is 36.8 Å². The van der Waals surface area contributed by atoms with Crippen LogP contribution < -0.4 is 10.6 Å². The number of aromatic hydroxyl groups is 1. The van der Waals surface area contributed by atoms with Crippen LogP contribution in [0.4, 0.5) is 0 Å². The number of aliphatic hydroxyl groups excluding tert-OH is 1. The fourth-order valence-corrected chi connectivity index (χ4v) is 6.00. The number of benzene rings is 3. The number of carbonyl (C=O) groups excluding carboxylic acids is 3. The van der Waals surface area contributed by atoms with Crippen molar-refractivity contribution in [2.45, 2.75) is 89.4 Å². The van der Waals surface area contributed by atoms with Gasteiger partial charge in [-0.15, -0.1) is 0 Å². The van der Waals surface area contributed by atoms with E-state index in [-0.39, 0.29) is 36.6 Å². The molecular formula is C36H45N3O5. The quantitative estimate of drug-likeness (QED) is 0.227. The lowest BCUT2D eigenvalue weighted by atomic mass is 9.94. The minimum atomic E-state index is -1.02. The predicted molar refractivity (Wildman–Crippen MR) is 171 cm³/mol. The van der Waals surface area contributed by atoms with Crippen molar-refractivity contribution in [2.24, 2.45) is 0 Å². The molecular weight excluding hydrogens is 554 g/mol. The smallest absolute Gasteiger partial charge is 0.252 e. The number of aliphatic hydroxyl groups is 1. The van der Waals surface area contributed by atoms with Crippen molar-refractivity contribution in [3.8, 4) is 5.75 Å². The van der Waals surface area contributed by atoms with Crippen LogP contribution >= 0.6 is 0 Å². The molecule has 3 aromatic rings. The molecule has 4 N–H and O–H groups in total. The average Bonchev–Trinajstić information content (AvgIpc) is 3.02. The maximum Gasteiger partial charge on any atom is 0.252 e. The molecule has 3 amide bonds. The summed E-state index contributed by atoms with van der Waals surface area (Å²) in [4.78, 5) is 41.6. The second kappa shape index (κ2) is 16.1. The fourth-order valence-electron chi connectivity index (χ4n) is 6.00. The molecule has 3 atom stereocenters. The zero-order valence-corrected chi connectivity index (χ0v) is 25.7. The lowest BCUT2D eigenvalue weighted by molar-refractivity contribution is -0.139. The Hall–Kier alpha value is -4.17. The number of hydrogen-bond acceptors (Lipinski definition) is 5. The first-order valence-electron chi connectivity index (χ1n) is 15.7. The molecule has 1 saturated carbocycles. The second-order valence-electron chi connectivity index (χ2n) is 11.8. The summed E-state index contributed by atoms with van der Waals surface area (Å²) in [5.41, 5.74) is 2.65. The van der Waals surface area contributed by atoms with Crippen molar-refractivity contribution in [3.05, 3.63) is 101 Å². The van der Waals surface area contributed by atoms with Gasteiger partial charge in [0.05, 0.1) is 12.1 Å². The SMILES string of the molecule is CC(=O)N(CC[C@@H](O)[C@H](Cc1ccccc1)NC(=O)c1cccc(O)c1C)[C@@H](Cc1ccccc1)C(=O)NC1CCCCC1. The highest BCUT2D eigenvalue weighted by Gasteiger charge is 2.32. The average molecular weight is 600 g/mol. The molecule has 1 aliphatic rings. The van der Waals surface area contributed by atoms with Crippen molar-refractivity contribution in [1.82, 2.24) is 15.5 Å². The van der Waals surface area contributed by atoms with E-state index in [1.54, 1.807) is 24.0 Å². The topological polar surface area (TPSA) is 119 Å². The highest BCUT2D eigenvalue weighted by molar-refractivity contribution is 5.96. The molecule has 8 nitrogen and oxygen atoms in total. The van der Waals surface area contributed by atoms with E-state index >= 15 is 0 Å². The van der Waals surface area contributed by atoms with Gasteiger partial charge in [-0.25, -0.2) is 0 Å². The highest BCUT2D eigenvalue weighted by atomic mass is 16.3. The standard InChI is InChI=1S/C36H45N3O5/c1-25-30(19-12-20-33(25)41)35(43)38-31(23-27-13-6-3-7-14-27)34(42)21-22-39(26(2)40)32(24-28-15-8-4-9-16-28)36(44)37-29-17-10-5-11-18-29/h3-4,6-9,12-16,19-20,29,31-32,34,41-42H,5,10-11,17-18,21-24H2,1-2H3,(H,37,44)(H,38,43)/t31-,32-,34+/m0/s1. The van der Waals surface area contributed by atoms with Crippen LogP contribution in [0, 0.1) is 6.92 Å². The second-order valence-corrected chi connectivity index (χ2v) is 11.8. The van der Waals surface area contributed by atoms with Crippen molar-refractivity contribution in [3.63, 3.8) is 0 Å². The van der Waals surface area contributed by atoms with Crippen LogP contribution in [0.25, 0.3) is 0 Å². The number of rotatable bonds is 13. The van der Waals surface area contributed by atoms with E-state index in [1.165, 1.54) is 19.4 Å². The molecule has 4 rings (SSSR count). The first-order chi connectivity index (χ1) is 21.2. The minimum Gasteiger partial charge on any atom is -0.508 e. The Balaban J connectivity index is 1.53. The lowest BCUT2D eigenvalue weighted by Gasteiger charge is -2.34. The summed E-state index contributed by atoms with van der Waals surface area (Å²) in [5.74, 6) is -0.823. The molecule has 3 aromatic carbocycles. The molecule has 44 heavy (non-hydrogen) atoms. The Morgan fingerprint density at radius 1 is 0.864 bits per heavy atom. The summed E-state index contributed by atoms with van der Waals surface area (Å²) in [6, 6.07) is 22.6. The predicted octanol–water partition coefficient (Wildman–Crippen LogP) is 4.70. The first-order valence-corrected chi connectivity index (χ1v) is 15.7. The first kappa shape index (κ1) is 32.7. The van der Waals surface area contributed by atoms with E-state index < -0.39 is 24.1 Å². The number of nitrogens with zero attached hydrogens (tertiary/aromatic N) is 1. The van der Waals surface area contributed by atoms with Gasteiger partial charge in [0.15, 0.2) is 0 Å². The van der Waals surface area contributed by atoms with Crippen molar-refractivity contribution < 1.29 is 24.6 Å². The molecule has 1 aliphatic carbocycles. The van der Waals surface area contributed by atoms with Gasteiger partial charge in [0.2, 0.25) is 11.8 Å². The number of hydrogen-bond donors (Lipinski definition) is 4. The van der Waals surface area contributed by atoms with Crippen molar-refractivity contribution in [2.75, 3.05) is 6.54 Å². The summed E-state index contributed by atoms with van der Waals surface area (Å²) in [6.45, 7) is 3.26. The summed E-state index contributed by atoms with van der Waals surface area (Å²) >= 11 is 0. The normalized spacial score (nSPS) is 15.5. The van der Waals surface area contributed by atoms with Gasteiger partial charge < -0.3 is 25.7 Å². The number of nitrogens with one attached hydrogen (secondary N) is 2. The molecule has 0 saturated heterocycles. The summed E-state index contributed by atoms with van der Waals surface area (Å²) < 4.78 is 0. The van der Waals surface area contributed by atoms with Crippen LogP contribution in [0.5, 0.6) is 5.75 Å². The third-order valence-electron chi connectivity index (χ3n) is 8.60. The zero-order valence-electron chi connectivity index (χ0n) is 25.7. The molecule has 1 fully saturated rings. The van der Waals surface area contributed by atoms with Gasteiger partial charge >= 0.3 is 0 Å². The van der Waals surface area contributed by atoms with Crippen molar-refractivity contribution >= 4 is 17.7 Å². The summed E-state index contributed by atoms with van der Waals surface area (Å²) in [6.07, 6.45) is 5.04. The highest BCUT2D eigenvalue weighted by Crippen LogP contribution is 2.21. The fraction of sp³-hybridized carbons (Fsp3) is 0.417. The monoisotopic (exact) mass is 599 g/mol. The van der Waals surface area contributed by atoms with Crippen molar-refractivity contribution in [1.29, 1.82) is 0 Å². The number of phenols is 1. The molecule has 0 aliphatic heterocycles. The van der Waals surface area contributed by atoms with Crippen LogP contribution in [-0.4, -0.2) is 63.6 Å².